The summed E-state index contributed by atoms with van der Waals surface area (Å²) in [7, 11) is 1.65. The first-order valence-corrected chi connectivity index (χ1v) is 8.43. The van der Waals surface area contributed by atoms with Gasteiger partial charge < -0.3 is 15.4 Å². The lowest BCUT2D eigenvalue weighted by Gasteiger charge is -2.18. The number of nitrogens with one attached hydrogen (secondary N) is 2. The van der Waals surface area contributed by atoms with Crippen LogP contribution in [-0.4, -0.2) is 31.5 Å². The molecular formula is C19H30N2O3. The monoisotopic (exact) mass is 334 g/mol. The van der Waals surface area contributed by atoms with Gasteiger partial charge in [-0.25, -0.2) is 0 Å². The molecule has 1 atom stereocenters. The molecule has 0 unspecified atom stereocenters. The Labute approximate surface area is 145 Å². The number of hydrogen-bond acceptors (Lipinski definition) is 3. The maximum atomic E-state index is 11.9. The van der Waals surface area contributed by atoms with Crippen molar-refractivity contribution < 1.29 is 14.3 Å². The van der Waals surface area contributed by atoms with Crippen molar-refractivity contribution in [2.45, 2.75) is 53.0 Å². The molecule has 0 aliphatic rings. The molecule has 0 bridgehead atoms. The zero-order valence-corrected chi connectivity index (χ0v) is 15.4. The first-order valence-electron chi connectivity index (χ1n) is 8.43. The van der Waals surface area contributed by atoms with E-state index in [0.29, 0.717) is 13.0 Å². The first kappa shape index (κ1) is 20.0. The van der Waals surface area contributed by atoms with Crippen molar-refractivity contribution in [3.05, 3.63) is 29.8 Å². The number of benzene rings is 1. The topological polar surface area (TPSA) is 67.4 Å². The van der Waals surface area contributed by atoms with Crippen molar-refractivity contribution in [3.63, 3.8) is 0 Å². The van der Waals surface area contributed by atoms with Crippen molar-refractivity contribution in [3.8, 4) is 5.75 Å². The number of ether oxygens (including phenoxy) is 1. The number of carbonyl (C=O) groups is 2. The Bertz CT molecular complexity index is 533. The number of carbonyl (C=O) groups excluding carboxylic acids is 2. The summed E-state index contributed by atoms with van der Waals surface area (Å²) in [5, 5.41) is 5.75. The Morgan fingerprint density at radius 1 is 1.17 bits per heavy atom. The van der Waals surface area contributed by atoms with Gasteiger partial charge in [0.15, 0.2) is 0 Å². The summed E-state index contributed by atoms with van der Waals surface area (Å²) in [4.78, 5) is 23.6. The molecule has 0 heterocycles. The predicted molar refractivity (Wildman–Crippen MR) is 96.0 cm³/mol. The number of amides is 2. The maximum Gasteiger partial charge on any atom is 0.225 e. The van der Waals surface area contributed by atoms with Crippen molar-refractivity contribution >= 4 is 11.8 Å². The van der Waals surface area contributed by atoms with Crippen LogP contribution in [0.25, 0.3) is 0 Å². The zero-order chi connectivity index (χ0) is 18.2. The molecule has 0 aliphatic carbocycles. The lowest BCUT2D eigenvalue weighted by molar-refractivity contribution is -0.128. The molecule has 0 saturated heterocycles. The van der Waals surface area contributed by atoms with E-state index in [4.69, 9.17) is 4.74 Å². The van der Waals surface area contributed by atoms with Gasteiger partial charge >= 0.3 is 0 Å². The van der Waals surface area contributed by atoms with Crippen molar-refractivity contribution in [1.29, 1.82) is 0 Å². The van der Waals surface area contributed by atoms with Crippen LogP contribution in [0, 0.1) is 5.41 Å². The van der Waals surface area contributed by atoms with Gasteiger partial charge in [0.2, 0.25) is 11.8 Å². The van der Waals surface area contributed by atoms with Crippen LogP contribution in [0.2, 0.25) is 0 Å². The molecule has 1 aromatic carbocycles. The average molecular weight is 334 g/mol. The Balaban J connectivity index is 2.25. The van der Waals surface area contributed by atoms with Gasteiger partial charge in [0, 0.05) is 24.4 Å². The van der Waals surface area contributed by atoms with Gasteiger partial charge in [0.1, 0.15) is 5.75 Å². The highest BCUT2D eigenvalue weighted by Crippen LogP contribution is 2.13. The molecule has 0 aromatic heterocycles. The number of hydrogen-bond donors (Lipinski definition) is 2. The van der Waals surface area contributed by atoms with Crippen LogP contribution in [0.3, 0.4) is 0 Å². The van der Waals surface area contributed by atoms with Gasteiger partial charge in [-0.3, -0.25) is 9.59 Å². The van der Waals surface area contributed by atoms with Gasteiger partial charge in [-0.15, -0.1) is 0 Å². The summed E-state index contributed by atoms with van der Waals surface area (Å²) in [6.07, 6.45) is 2.06. The second-order valence-electron chi connectivity index (χ2n) is 7.11. The first-order chi connectivity index (χ1) is 11.2. The third-order valence-electron chi connectivity index (χ3n) is 3.75. The predicted octanol–water partition coefficient (Wildman–Crippen LogP) is 2.68. The van der Waals surface area contributed by atoms with Crippen molar-refractivity contribution in [2.75, 3.05) is 13.7 Å². The van der Waals surface area contributed by atoms with E-state index in [1.54, 1.807) is 7.11 Å². The Kier molecular flexibility index (Phi) is 7.75. The summed E-state index contributed by atoms with van der Waals surface area (Å²) in [6.45, 7) is 7.92. The van der Waals surface area contributed by atoms with Crippen LogP contribution < -0.4 is 15.4 Å². The van der Waals surface area contributed by atoms with Gasteiger partial charge in [0.05, 0.1) is 7.11 Å². The maximum absolute atomic E-state index is 11.9. The molecule has 0 fully saturated rings. The summed E-state index contributed by atoms with van der Waals surface area (Å²) < 4.78 is 5.14. The quantitative estimate of drug-likeness (QED) is 0.768. The van der Waals surface area contributed by atoms with Gasteiger partial charge in [-0.2, -0.15) is 0 Å². The highest BCUT2D eigenvalue weighted by Gasteiger charge is 2.20. The van der Waals surface area contributed by atoms with E-state index in [1.807, 2.05) is 52.0 Å². The molecule has 2 amide bonds. The molecule has 0 spiro atoms. The summed E-state index contributed by atoms with van der Waals surface area (Å²) in [6, 6.07) is 8.05. The molecule has 0 saturated carbocycles. The summed E-state index contributed by atoms with van der Waals surface area (Å²) in [5.41, 5.74) is 0.789. The standard InChI is InChI=1S/C19H30N2O3/c1-14(6-7-15-8-10-16(24-5)11-9-15)21-17(22)12-13-20-18(23)19(2,3)4/h8-11,14H,6-7,12-13H2,1-5H3,(H,20,23)(H,21,22)/t14-/m1/s1. The van der Waals surface area contributed by atoms with E-state index in [9.17, 15) is 9.59 Å². The second-order valence-corrected chi connectivity index (χ2v) is 7.11. The van der Waals surface area contributed by atoms with Gasteiger partial charge in [0.25, 0.3) is 0 Å². The Morgan fingerprint density at radius 2 is 1.79 bits per heavy atom. The van der Waals surface area contributed by atoms with E-state index in [2.05, 4.69) is 10.6 Å². The molecule has 1 aromatic rings. The van der Waals surface area contributed by atoms with Crippen LogP contribution in [0.5, 0.6) is 5.75 Å². The highest BCUT2D eigenvalue weighted by molar-refractivity contribution is 5.82. The molecule has 2 N–H and O–H groups in total. The van der Waals surface area contributed by atoms with E-state index in [1.165, 1.54) is 5.56 Å². The lowest BCUT2D eigenvalue weighted by Crippen LogP contribution is -2.39. The van der Waals surface area contributed by atoms with Crippen LogP contribution in [-0.2, 0) is 16.0 Å². The number of rotatable bonds is 8. The fraction of sp³-hybridized carbons (Fsp3) is 0.579. The van der Waals surface area contributed by atoms with Gasteiger partial charge in [-0.05, 0) is 37.5 Å². The number of aryl methyl sites for hydroxylation is 1. The fourth-order valence-electron chi connectivity index (χ4n) is 2.15. The van der Waals surface area contributed by atoms with E-state index < -0.39 is 5.41 Å². The molecule has 134 valence electrons. The third kappa shape index (κ3) is 7.49. The smallest absolute Gasteiger partial charge is 0.225 e. The molecule has 0 aliphatic heterocycles. The summed E-state index contributed by atoms with van der Waals surface area (Å²) >= 11 is 0. The van der Waals surface area contributed by atoms with Crippen LogP contribution in [0.15, 0.2) is 24.3 Å². The Hall–Kier alpha value is -2.04. The average Bonchev–Trinajstić information content (AvgIpc) is 2.52. The van der Waals surface area contributed by atoms with E-state index >= 15 is 0 Å². The van der Waals surface area contributed by atoms with Crippen molar-refractivity contribution in [2.24, 2.45) is 5.41 Å². The van der Waals surface area contributed by atoms with Crippen LogP contribution >= 0.6 is 0 Å². The Morgan fingerprint density at radius 3 is 2.33 bits per heavy atom. The minimum Gasteiger partial charge on any atom is -0.497 e. The minimum absolute atomic E-state index is 0.0357. The minimum atomic E-state index is -0.428. The van der Waals surface area contributed by atoms with Gasteiger partial charge in [-0.1, -0.05) is 32.9 Å². The lowest BCUT2D eigenvalue weighted by atomic mass is 9.96. The number of methoxy groups -OCH3 is 1. The largest absolute Gasteiger partial charge is 0.497 e. The molecular weight excluding hydrogens is 304 g/mol. The normalized spacial score (nSPS) is 12.4. The van der Waals surface area contributed by atoms with Crippen LogP contribution in [0.1, 0.15) is 46.1 Å². The third-order valence-corrected chi connectivity index (χ3v) is 3.75. The summed E-state index contributed by atoms with van der Waals surface area (Å²) in [5.74, 6) is 0.770. The molecule has 24 heavy (non-hydrogen) atoms. The molecule has 5 nitrogen and oxygen atoms in total. The molecule has 1 rings (SSSR count). The van der Waals surface area contributed by atoms with Crippen molar-refractivity contribution in [1.82, 2.24) is 10.6 Å². The fourth-order valence-corrected chi connectivity index (χ4v) is 2.15. The molecule has 5 heteroatoms. The van der Waals surface area contributed by atoms with E-state index in [-0.39, 0.29) is 17.9 Å². The zero-order valence-electron chi connectivity index (χ0n) is 15.4. The second kappa shape index (κ2) is 9.30. The van der Waals surface area contributed by atoms with Crippen LogP contribution in [0.4, 0.5) is 0 Å². The SMILES string of the molecule is COc1ccc(CC[C@@H](C)NC(=O)CCNC(=O)C(C)(C)C)cc1. The van der Waals surface area contributed by atoms with E-state index in [0.717, 1.165) is 18.6 Å². The molecule has 0 radical (unpaired) electrons. The highest BCUT2D eigenvalue weighted by atomic mass is 16.5.